The number of para-hydroxylation sites is 3. The van der Waals surface area contributed by atoms with Gasteiger partial charge in [-0.2, -0.15) is 21.6 Å². The van der Waals surface area contributed by atoms with Crippen molar-refractivity contribution in [3.8, 4) is 22.6 Å². The van der Waals surface area contributed by atoms with Gasteiger partial charge in [-0.15, -0.1) is 22.7 Å². The molecule has 0 atom stereocenters. The molecule has 0 aliphatic heterocycles. The summed E-state index contributed by atoms with van der Waals surface area (Å²) in [5.41, 5.74) is 1.37. The lowest BCUT2D eigenvalue weighted by molar-refractivity contribution is -0.0500. The first kappa shape index (κ1) is 36.4. The summed E-state index contributed by atoms with van der Waals surface area (Å²) in [4.78, 5) is 1.95. The summed E-state index contributed by atoms with van der Waals surface area (Å²) in [6.07, 6.45) is 0. The lowest BCUT2D eigenvalue weighted by Gasteiger charge is -2.26. The molecule has 0 saturated carbocycles. The summed E-state index contributed by atoms with van der Waals surface area (Å²) in [7, 11) is -5.99. The molecule has 0 aliphatic carbocycles. The van der Waals surface area contributed by atoms with Gasteiger partial charge in [0.25, 0.3) is 0 Å². The summed E-state index contributed by atoms with van der Waals surface area (Å²) in [5.74, 6) is -0.445. The average Bonchev–Trinajstić information content (AvgIpc) is 3.93. The maximum Gasteiger partial charge on any atom is 0.534 e. The largest absolute Gasteiger partial charge is 0.534 e. The molecule has 60 heavy (non-hydrogen) atoms. The molecule has 0 radical (unpaired) electrons. The van der Waals surface area contributed by atoms with Crippen LogP contribution >= 0.6 is 22.7 Å². The van der Waals surface area contributed by atoms with Crippen LogP contribution < -0.4 is 9.08 Å². The number of halogens is 3. The van der Waals surface area contributed by atoms with Gasteiger partial charge in [-0.05, 0) is 90.0 Å². The van der Waals surface area contributed by atoms with Gasteiger partial charge in [0.2, 0.25) is 0 Å². The summed E-state index contributed by atoms with van der Waals surface area (Å²) in [5, 5.41) is 5.71. The van der Waals surface area contributed by atoms with Crippen LogP contribution in [0.5, 0.6) is 5.75 Å². The van der Waals surface area contributed by atoms with Crippen molar-refractivity contribution in [2.45, 2.75) is 5.51 Å². The van der Waals surface area contributed by atoms with Gasteiger partial charge >= 0.3 is 15.6 Å². The molecule has 11 aromatic rings. The predicted octanol–water partition coefficient (Wildman–Crippen LogP) is 14.9. The molecule has 11 rings (SSSR count). The van der Waals surface area contributed by atoms with E-state index in [4.69, 9.17) is 4.18 Å². The van der Waals surface area contributed by atoms with Gasteiger partial charge in [-0.1, -0.05) is 91.0 Å². The second kappa shape index (κ2) is 13.7. The molecule has 0 bridgehead atoms. The normalized spacial score (nSPS) is 12.4. The first-order valence-electron chi connectivity index (χ1n) is 19.0. The Morgan fingerprint density at radius 1 is 0.500 bits per heavy atom. The number of hydrogen-bond donors (Lipinski definition) is 0. The van der Waals surface area contributed by atoms with E-state index in [-0.39, 0.29) is 0 Å². The molecule has 0 fully saturated rings. The number of rotatable bonds is 7. The van der Waals surface area contributed by atoms with E-state index in [2.05, 4.69) is 71.3 Å². The van der Waals surface area contributed by atoms with Crippen molar-refractivity contribution in [3.05, 3.63) is 176 Å². The number of nitrogens with zero attached hydrogens (tertiary/aromatic N) is 2. The van der Waals surface area contributed by atoms with Crippen molar-refractivity contribution in [1.29, 1.82) is 0 Å². The lowest BCUT2D eigenvalue weighted by Crippen LogP contribution is -2.28. The number of alkyl halides is 3. The highest BCUT2D eigenvalue weighted by atomic mass is 32.2. The minimum atomic E-state index is -5.99. The van der Waals surface area contributed by atoms with Crippen molar-refractivity contribution in [2.75, 3.05) is 4.90 Å². The number of hydrogen-bond acceptors (Lipinski definition) is 6. The molecule has 0 amide bonds. The molecule has 292 valence electrons. The molecule has 0 unspecified atom stereocenters. The second-order valence-corrected chi connectivity index (χ2v) is 18.2. The van der Waals surface area contributed by atoms with Crippen molar-refractivity contribution < 1.29 is 25.8 Å². The Morgan fingerprint density at radius 2 is 1.13 bits per heavy atom. The molecule has 3 heterocycles. The zero-order valence-electron chi connectivity index (χ0n) is 31.2. The summed E-state index contributed by atoms with van der Waals surface area (Å²) < 4.78 is 77.8. The highest BCUT2D eigenvalue weighted by Crippen LogP contribution is 2.49. The zero-order valence-corrected chi connectivity index (χ0v) is 33.7. The van der Waals surface area contributed by atoms with Gasteiger partial charge in [-0.3, -0.25) is 0 Å². The van der Waals surface area contributed by atoms with Crippen LogP contribution in [-0.4, -0.2) is 18.5 Å². The van der Waals surface area contributed by atoms with Crippen LogP contribution in [0.4, 0.5) is 30.2 Å². The number of anilines is 3. The van der Waals surface area contributed by atoms with E-state index >= 15 is 0 Å². The van der Waals surface area contributed by atoms with E-state index in [9.17, 15) is 21.6 Å². The van der Waals surface area contributed by atoms with Crippen molar-refractivity contribution in [3.63, 3.8) is 0 Å². The molecule has 3 aromatic heterocycles. The Bertz CT molecular complexity index is 3600. The topological polar surface area (TPSA) is 51.5 Å². The van der Waals surface area contributed by atoms with Gasteiger partial charge in [0.05, 0.1) is 21.4 Å². The summed E-state index contributed by atoms with van der Waals surface area (Å²) >= 11 is 3.14. The smallest absolute Gasteiger partial charge is 0.376 e. The minimum Gasteiger partial charge on any atom is -0.376 e. The minimum absolute atomic E-state index is 0.445. The van der Waals surface area contributed by atoms with Gasteiger partial charge in [0, 0.05) is 69.5 Å². The van der Waals surface area contributed by atoms with E-state index < -0.39 is 21.4 Å². The van der Waals surface area contributed by atoms with Gasteiger partial charge in [0.15, 0.2) is 0 Å². The van der Waals surface area contributed by atoms with E-state index in [1.165, 1.54) is 23.5 Å². The monoisotopic (exact) mass is 846 g/mol. The standard InChI is InChI=1S/C49H29F3N2O3S3/c50-49(51,52)60(55,56)57-35-28-41-40-26-31(30-19-23-43-39(25-30)36-15-7-9-17-42(36)54(43)33-13-5-2-6-14-33)20-24-46(40)59-48(41)44(29-35)53(32-11-3-1-4-12-32)34-21-22-38-37-16-8-10-18-45(37)58-47(38)27-34/h1-29H. The Kier molecular flexibility index (Phi) is 8.32. The number of thiophene rings is 2. The third kappa shape index (κ3) is 5.91. The molecule has 5 nitrogen and oxygen atoms in total. The first-order chi connectivity index (χ1) is 29.1. The van der Waals surface area contributed by atoms with Crippen molar-refractivity contribution in [2.24, 2.45) is 0 Å². The second-order valence-electron chi connectivity index (χ2n) is 14.5. The maximum absolute atomic E-state index is 13.9. The number of benzene rings is 8. The zero-order chi connectivity index (χ0) is 40.8. The van der Waals surface area contributed by atoms with Crippen LogP contribution in [0.1, 0.15) is 0 Å². The maximum atomic E-state index is 13.9. The molecular weight excluding hydrogens is 818 g/mol. The van der Waals surface area contributed by atoms with Crippen LogP contribution in [0.2, 0.25) is 0 Å². The lowest BCUT2D eigenvalue weighted by atomic mass is 10.0. The van der Waals surface area contributed by atoms with Crippen molar-refractivity contribution in [1.82, 2.24) is 4.57 Å². The highest BCUT2D eigenvalue weighted by molar-refractivity contribution is 7.88. The SMILES string of the molecule is O=S(=O)(Oc1cc(N(c2ccccc2)c2ccc3c(c2)sc2ccccc23)c2sc3ccc(-c4ccc5c(c4)c4ccccc4n5-c4ccccc4)cc3c2c1)C(F)(F)F. The molecule has 0 saturated heterocycles. The fourth-order valence-corrected chi connectivity index (χ4v) is 11.0. The Morgan fingerprint density at radius 3 is 1.92 bits per heavy atom. The van der Waals surface area contributed by atoms with Crippen LogP contribution in [0.3, 0.4) is 0 Å². The molecule has 8 aromatic carbocycles. The molecule has 0 N–H and O–H groups in total. The van der Waals surface area contributed by atoms with E-state index in [0.29, 0.717) is 11.1 Å². The van der Waals surface area contributed by atoms with Crippen LogP contribution in [0, 0.1) is 0 Å². The van der Waals surface area contributed by atoms with Crippen LogP contribution in [0.25, 0.3) is 79.0 Å². The average molecular weight is 847 g/mol. The first-order valence-corrected chi connectivity index (χ1v) is 22.0. The Balaban J connectivity index is 1.13. The van der Waals surface area contributed by atoms with Crippen LogP contribution in [-0.2, 0) is 10.1 Å². The number of aromatic nitrogens is 1. The van der Waals surface area contributed by atoms with Crippen molar-refractivity contribution >= 4 is 112 Å². The third-order valence-corrected chi connectivity index (χ3v) is 14.2. The molecular formula is C49H29F3N2O3S3. The quantitative estimate of drug-likeness (QED) is 0.118. The third-order valence-electron chi connectivity index (χ3n) is 10.9. The predicted molar refractivity (Wildman–Crippen MR) is 242 cm³/mol. The number of fused-ring (bicyclic) bond motifs is 9. The highest BCUT2D eigenvalue weighted by Gasteiger charge is 2.48. The van der Waals surface area contributed by atoms with Gasteiger partial charge < -0.3 is 13.7 Å². The summed E-state index contributed by atoms with van der Waals surface area (Å²) in [6.45, 7) is 0. The van der Waals surface area contributed by atoms with Gasteiger partial charge in [-0.25, -0.2) is 0 Å². The Hall–Kier alpha value is -6.66. The van der Waals surface area contributed by atoms with Gasteiger partial charge in [0.1, 0.15) is 5.75 Å². The van der Waals surface area contributed by atoms with E-state index in [1.54, 1.807) is 11.3 Å². The summed E-state index contributed by atoms with van der Waals surface area (Å²) in [6, 6.07) is 57.5. The fourth-order valence-electron chi connectivity index (χ4n) is 8.27. The van der Waals surface area contributed by atoms with E-state index in [0.717, 1.165) is 85.0 Å². The van der Waals surface area contributed by atoms with E-state index in [1.807, 2.05) is 102 Å². The van der Waals surface area contributed by atoms with Crippen LogP contribution in [0.15, 0.2) is 176 Å². The molecule has 11 heteroatoms. The Labute approximate surface area is 349 Å². The fraction of sp³-hybridized carbons (Fsp3) is 0.0204. The molecule has 0 aliphatic rings. The molecule has 0 spiro atoms.